The van der Waals surface area contributed by atoms with Crippen molar-refractivity contribution in [1.29, 1.82) is 0 Å². The molecule has 0 amide bonds. The van der Waals surface area contributed by atoms with E-state index in [2.05, 4.69) is 25.1 Å². The van der Waals surface area contributed by atoms with Crippen LogP contribution in [-0.2, 0) is 0 Å². The minimum Gasteiger partial charge on any atom is -0.496 e. The maximum atomic E-state index is 6.34. The summed E-state index contributed by atoms with van der Waals surface area (Å²) in [6.07, 6.45) is 0. The molecule has 2 rings (SSSR count). The summed E-state index contributed by atoms with van der Waals surface area (Å²) >= 11 is 0. The Hall–Kier alpha value is -1.80. The Labute approximate surface area is 108 Å². The minimum atomic E-state index is -0.0872. The Morgan fingerprint density at radius 1 is 1.00 bits per heavy atom. The molecule has 2 aromatic rings. The van der Waals surface area contributed by atoms with Gasteiger partial charge >= 0.3 is 0 Å². The third-order valence-electron chi connectivity index (χ3n) is 3.28. The molecule has 0 aromatic heterocycles. The molecule has 0 aliphatic carbocycles. The standard InChI is InChI=1S/C16H19NO/c1-11-10-15(18-3)12(2)9-14(11)16(17)13-7-5-4-6-8-13/h4-10,16H,17H2,1-3H3. The molecule has 0 aliphatic rings. The van der Waals surface area contributed by atoms with Gasteiger partial charge in [0.25, 0.3) is 0 Å². The van der Waals surface area contributed by atoms with Gasteiger partial charge in [-0.1, -0.05) is 36.4 Å². The molecule has 0 spiro atoms. The second kappa shape index (κ2) is 5.23. The van der Waals surface area contributed by atoms with Crippen molar-refractivity contribution in [2.75, 3.05) is 7.11 Å². The summed E-state index contributed by atoms with van der Waals surface area (Å²) in [5.41, 5.74) is 10.9. The maximum absolute atomic E-state index is 6.34. The first kappa shape index (κ1) is 12.7. The highest BCUT2D eigenvalue weighted by atomic mass is 16.5. The van der Waals surface area contributed by atoms with Gasteiger partial charge in [0.1, 0.15) is 5.75 Å². The largest absolute Gasteiger partial charge is 0.496 e. The van der Waals surface area contributed by atoms with Gasteiger partial charge in [-0.25, -0.2) is 0 Å². The third-order valence-corrected chi connectivity index (χ3v) is 3.28. The summed E-state index contributed by atoms with van der Waals surface area (Å²) < 4.78 is 5.33. The lowest BCUT2D eigenvalue weighted by molar-refractivity contribution is 0.411. The van der Waals surface area contributed by atoms with E-state index in [-0.39, 0.29) is 6.04 Å². The number of rotatable bonds is 3. The van der Waals surface area contributed by atoms with Crippen molar-refractivity contribution in [3.8, 4) is 5.75 Å². The van der Waals surface area contributed by atoms with Crippen LogP contribution in [-0.4, -0.2) is 7.11 Å². The van der Waals surface area contributed by atoms with Gasteiger partial charge in [0.15, 0.2) is 0 Å². The van der Waals surface area contributed by atoms with Gasteiger partial charge in [-0.05, 0) is 42.2 Å². The molecule has 0 saturated heterocycles. The fraction of sp³-hybridized carbons (Fsp3) is 0.250. The van der Waals surface area contributed by atoms with Crippen LogP contribution >= 0.6 is 0 Å². The zero-order valence-electron chi connectivity index (χ0n) is 11.1. The van der Waals surface area contributed by atoms with E-state index in [9.17, 15) is 0 Å². The first-order chi connectivity index (χ1) is 8.63. The SMILES string of the molecule is COc1cc(C)c(C(N)c2ccccc2)cc1C. The monoisotopic (exact) mass is 241 g/mol. The maximum Gasteiger partial charge on any atom is 0.122 e. The van der Waals surface area contributed by atoms with Gasteiger partial charge in [0, 0.05) is 0 Å². The average Bonchev–Trinajstić information content (AvgIpc) is 2.41. The van der Waals surface area contributed by atoms with Crippen LogP contribution in [0, 0.1) is 13.8 Å². The lowest BCUT2D eigenvalue weighted by Gasteiger charge is -2.17. The number of ether oxygens (including phenoxy) is 1. The van der Waals surface area contributed by atoms with Gasteiger partial charge in [-0.3, -0.25) is 0 Å². The fourth-order valence-corrected chi connectivity index (χ4v) is 2.21. The number of methoxy groups -OCH3 is 1. The van der Waals surface area contributed by atoms with Crippen LogP contribution in [0.5, 0.6) is 5.75 Å². The number of aryl methyl sites for hydroxylation is 2. The Morgan fingerprint density at radius 3 is 2.28 bits per heavy atom. The first-order valence-electron chi connectivity index (χ1n) is 6.09. The fourth-order valence-electron chi connectivity index (χ4n) is 2.21. The van der Waals surface area contributed by atoms with E-state index in [1.165, 1.54) is 0 Å². The molecule has 2 nitrogen and oxygen atoms in total. The minimum absolute atomic E-state index is 0.0872. The molecule has 1 atom stereocenters. The topological polar surface area (TPSA) is 35.2 Å². The Morgan fingerprint density at radius 2 is 1.67 bits per heavy atom. The molecular weight excluding hydrogens is 222 g/mol. The lowest BCUT2D eigenvalue weighted by atomic mass is 9.94. The number of hydrogen-bond donors (Lipinski definition) is 1. The summed E-state index contributed by atoms with van der Waals surface area (Å²) in [4.78, 5) is 0. The summed E-state index contributed by atoms with van der Waals surface area (Å²) in [6.45, 7) is 4.11. The molecule has 94 valence electrons. The van der Waals surface area contributed by atoms with Crippen molar-refractivity contribution in [1.82, 2.24) is 0 Å². The van der Waals surface area contributed by atoms with Crippen LogP contribution in [0.3, 0.4) is 0 Å². The summed E-state index contributed by atoms with van der Waals surface area (Å²) in [6, 6.07) is 14.2. The Kier molecular flexibility index (Phi) is 3.68. The van der Waals surface area contributed by atoms with Crippen LogP contribution < -0.4 is 10.5 Å². The normalized spacial score (nSPS) is 12.2. The molecule has 2 aromatic carbocycles. The van der Waals surface area contributed by atoms with Gasteiger partial charge < -0.3 is 10.5 Å². The molecular formula is C16H19NO. The summed E-state index contributed by atoms with van der Waals surface area (Å²) in [7, 11) is 1.69. The zero-order chi connectivity index (χ0) is 13.1. The molecule has 0 radical (unpaired) electrons. The summed E-state index contributed by atoms with van der Waals surface area (Å²) in [5.74, 6) is 0.913. The highest BCUT2D eigenvalue weighted by Gasteiger charge is 2.13. The van der Waals surface area contributed by atoms with Crippen LogP contribution in [0.25, 0.3) is 0 Å². The van der Waals surface area contributed by atoms with Crippen molar-refractivity contribution in [2.45, 2.75) is 19.9 Å². The second-order valence-corrected chi connectivity index (χ2v) is 4.57. The Balaban J connectivity index is 2.43. The molecule has 2 heteroatoms. The van der Waals surface area contributed by atoms with Crippen LogP contribution in [0.15, 0.2) is 42.5 Å². The number of hydrogen-bond acceptors (Lipinski definition) is 2. The zero-order valence-corrected chi connectivity index (χ0v) is 11.1. The quantitative estimate of drug-likeness (QED) is 0.894. The van der Waals surface area contributed by atoms with E-state index in [4.69, 9.17) is 10.5 Å². The molecule has 0 saturated carbocycles. The van der Waals surface area contributed by atoms with E-state index in [0.29, 0.717) is 0 Å². The molecule has 1 unspecified atom stereocenters. The van der Waals surface area contributed by atoms with Gasteiger partial charge in [0.2, 0.25) is 0 Å². The van der Waals surface area contributed by atoms with Crippen molar-refractivity contribution < 1.29 is 4.74 Å². The van der Waals surface area contributed by atoms with Crippen molar-refractivity contribution in [3.05, 3.63) is 64.7 Å². The van der Waals surface area contributed by atoms with Crippen LogP contribution in [0.2, 0.25) is 0 Å². The molecule has 18 heavy (non-hydrogen) atoms. The first-order valence-corrected chi connectivity index (χ1v) is 6.09. The smallest absolute Gasteiger partial charge is 0.122 e. The predicted octanol–water partition coefficient (Wildman–Crippen LogP) is 3.36. The van der Waals surface area contributed by atoms with Gasteiger partial charge in [0.05, 0.1) is 13.2 Å². The number of nitrogens with two attached hydrogens (primary N) is 1. The highest BCUT2D eigenvalue weighted by molar-refractivity contribution is 5.45. The molecule has 2 N–H and O–H groups in total. The van der Waals surface area contributed by atoms with Crippen LogP contribution in [0.1, 0.15) is 28.3 Å². The van der Waals surface area contributed by atoms with Crippen molar-refractivity contribution in [3.63, 3.8) is 0 Å². The van der Waals surface area contributed by atoms with Crippen molar-refractivity contribution >= 4 is 0 Å². The average molecular weight is 241 g/mol. The Bertz CT molecular complexity index is 534. The molecule has 0 aliphatic heterocycles. The van der Waals surface area contributed by atoms with Crippen LogP contribution in [0.4, 0.5) is 0 Å². The van der Waals surface area contributed by atoms with E-state index < -0.39 is 0 Å². The number of benzene rings is 2. The highest BCUT2D eigenvalue weighted by Crippen LogP contribution is 2.28. The molecule has 0 heterocycles. The van der Waals surface area contributed by atoms with Gasteiger partial charge in [-0.15, -0.1) is 0 Å². The molecule has 0 bridgehead atoms. The van der Waals surface area contributed by atoms with E-state index in [1.807, 2.05) is 31.2 Å². The third kappa shape index (κ3) is 2.39. The predicted molar refractivity (Wildman–Crippen MR) is 74.9 cm³/mol. The second-order valence-electron chi connectivity index (χ2n) is 4.57. The summed E-state index contributed by atoms with van der Waals surface area (Å²) in [5, 5.41) is 0. The molecule has 0 fully saturated rings. The van der Waals surface area contributed by atoms with Gasteiger partial charge in [-0.2, -0.15) is 0 Å². The van der Waals surface area contributed by atoms with Crippen molar-refractivity contribution in [2.24, 2.45) is 5.73 Å². The van der Waals surface area contributed by atoms with E-state index >= 15 is 0 Å². The lowest BCUT2D eigenvalue weighted by Crippen LogP contribution is -2.13. The van der Waals surface area contributed by atoms with E-state index in [0.717, 1.165) is 28.0 Å². The van der Waals surface area contributed by atoms with E-state index in [1.54, 1.807) is 7.11 Å².